The van der Waals surface area contributed by atoms with Gasteiger partial charge in [-0.3, -0.25) is 4.79 Å². The summed E-state index contributed by atoms with van der Waals surface area (Å²) >= 11 is 7.85. The summed E-state index contributed by atoms with van der Waals surface area (Å²) in [6.07, 6.45) is 1.88. The predicted molar refractivity (Wildman–Crippen MR) is 109 cm³/mol. The van der Waals surface area contributed by atoms with Crippen LogP contribution in [0.1, 0.15) is 18.4 Å². The van der Waals surface area contributed by atoms with Crippen molar-refractivity contribution < 1.29 is 4.79 Å². The molecule has 0 aliphatic carbocycles. The van der Waals surface area contributed by atoms with Gasteiger partial charge in [-0.15, -0.1) is 0 Å². The second-order valence-electron chi connectivity index (χ2n) is 6.70. The molecule has 6 heteroatoms. The molecule has 1 aliphatic rings. The van der Waals surface area contributed by atoms with Gasteiger partial charge in [-0.05, 0) is 49.6 Å². The third-order valence-corrected chi connectivity index (χ3v) is 6.29. The van der Waals surface area contributed by atoms with Gasteiger partial charge >= 0.3 is 0 Å². The van der Waals surface area contributed by atoms with Gasteiger partial charge < -0.3 is 10.2 Å². The SMILES string of the molecule is Cc1ccc(NC(=O)C2CCCN(c3nc4ccccc4s3)C2)cc1Cl. The summed E-state index contributed by atoms with van der Waals surface area (Å²) in [5.74, 6) is 0.00608. The number of aromatic nitrogens is 1. The lowest BCUT2D eigenvalue weighted by molar-refractivity contribution is -0.120. The Morgan fingerprint density at radius 2 is 2.15 bits per heavy atom. The molecule has 1 N–H and O–H groups in total. The van der Waals surface area contributed by atoms with Crippen molar-refractivity contribution in [2.75, 3.05) is 23.3 Å². The second kappa shape index (κ2) is 7.25. The topological polar surface area (TPSA) is 45.2 Å². The molecule has 2 heterocycles. The quantitative estimate of drug-likeness (QED) is 0.681. The molecule has 1 unspecified atom stereocenters. The first-order valence-electron chi connectivity index (χ1n) is 8.78. The zero-order valence-electron chi connectivity index (χ0n) is 14.5. The number of amides is 1. The van der Waals surface area contributed by atoms with E-state index < -0.39 is 0 Å². The Morgan fingerprint density at radius 1 is 1.31 bits per heavy atom. The maximum atomic E-state index is 12.7. The summed E-state index contributed by atoms with van der Waals surface area (Å²) in [6.45, 7) is 3.59. The van der Waals surface area contributed by atoms with E-state index in [1.165, 1.54) is 4.70 Å². The van der Waals surface area contributed by atoms with Crippen LogP contribution < -0.4 is 10.2 Å². The predicted octanol–water partition coefficient (Wildman–Crippen LogP) is 5.11. The maximum Gasteiger partial charge on any atom is 0.229 e. The van der Waals surface area contributed by atoms with Crippen LogP contribution in [0.5, 0.6) is 0 Å². The van der Waals surface area contributed by atoms with E-state index in [-0.39, 0.29) is 11.8 Å². The molecule has 26 heavy (non-hydrogen) atoms. The van der Waals surface area contributed by atoms with Crippen molar-refractivity contribution in [3.63, 3.8) is 0 Å². The summed E-state index contributed by atoms with van der Waals surface area (Å²) in [5, 5.41) is 4.68. The number of piperidine rings is 1. The number of carbonyl (C=O) groups excluding carboxylic acids is 1. The third kappa shape index (κ3) is 3.55. The number of nitrogens with zero attached hydrogens (tertiary/aromatic N) is 2. The molecule has 1 fully saturated rings. The van der Waals surface area contributed by atoms with E-state index in [9.17, 15) is 4.79 Å². The van der Waals surface area contributed by atoms with E-state index in [0.717, 1.165) is 41.3 Å². The number of hydrogen-bond acceptors (Lipinski definition) is 4. The zero-order valence-corrected chi connectivity index (χ0v) is 16.1. The maximum absolute atomic E-state index is 12.7. The van der Waals surface area contributed by atoms with Crippen LogP contribution >= 0.6 is 22.9 Å². The highest BCUT2D eigenvalue weighted by molar-refractivity contribution is 7.22. The Balaban J connectivity index is 1.47. The van der Waals surface area contributed by atoms with E-state index in [0.29, 0.717) is 11.6 Å². The van der Waals surface area contributed by atoms with Crippen molar-refractivity contribution in [3.8, 4) is 0 Å². The molecule has 1 amide bonds. The molecule has 3 aromatic rings. The average Bonchev–Trinajstić information content (AvgIpc) is 3.09. The molecule has 0 spiro atoms. The van der Waals surface area contributed by atoms with Crippen molar-refractivity contribution in [1.82, 2.24) is 4.98 Å². The summed E-state index contributed by atoms with van der Waals surface area (Å²) in [7, 11) is 0. The van der Waals surface area contributed by atoms with Crippen LogP contribution in [-0.4, -0.2) is 24.0 Å². The fourth-order valence-corrected chi connectivity index (χ4v) is 4.46. The molecule has 4 nitrogen and oxygen atoms in total. The van der Waals surface area contributed by atoms with E-state index in [4.69, 9.17) is 16.6 Å². The van der Waals surface area contributed by atoms with E-state index >= 15 is 0 Å². The summed E-state index contributed by atoms with van der Waals surface area (Å²) in [6, 6.07) is 13.8. The lowest BCUT2D eigenvalue weighted by Crippen LogP contribution is -2.40. The van der Waals surface area contributed by atoms with Gasteiger partial charge in [0.05, 0.1) is 16.1 Å². The first kappa shape index (κ1) is 17.3. The highest BCUT2D eigenvalue weighted by atomic mass is 35.5. The second-order valence-corrected chi connectivity index (χ2v) is 8.12. The van der Waals surface area contributed by atoms with Gasteiger partial charge in [0.1, 0.15) is 0 Å². The Kier molecular flexibility index (Phi) is 4.83. The van der Waals surface area contributed by atoms with Crippen molar-refractivity contribution in [1.29, 1.82) is 0 Å². The zero-order chi connectivity index (χ0) is 18.1. The number of carbonyl (C=O) groups is 1. The lowest BCUT2D eigenvalue weighted by atomic mass is 9.97. The number of thiazole rings is 1. The molecule has 0 bridgehead atoms. The Bertz CT molecular complexity index is 922. The number of aryl methyl sites for hydroxylation is 1. The Morgan fingerprint density at radius 3 is 2.96 bits per heavy atom. The van der Waals surface area contributed by atoms with E-state index in [2.05, 4.69) is 16.3 Å². The van der Waals surface area contributed by atoms with Gasteiger partial charge in [-0.25, -0.2) is 4.98 Å². The molecule has 1 aromatic heterocycles. The van der Waals surface area contributed by atoms with Crippen molar-refractivity contribution in [3.05, 3.63) is 53.1 Å². The summed E-state index contributed by atoms with van der Waals surface area (Å²) in [5.41, 5.74) is 2.78. The van der Waals surface area contributed by atoms with Crippen molar-refractivity contribution in [2.45, 2.75) is 19.8 Å². The van der Waals surface area contributed by atoms with Gasteiger partial charge in [-0.2, -0.15) is 0 Å². The number of rotatable bonds is 3. The van der Waals surface area contributed by atoms with Crippen LogP contribution in [0.25, 0.3) is 10.2 Å². The molecule has 1 atom stereocenters. The van der Waals surface area contributed by atoms with Gasteiger partial charge in [0.25, 0.3) is 0 Å². The number of benzene rings is 2. The minimum atomic E-state index is -0.0455. The van der Waals surface area contributed by atoms with E-state index in [1.54, 1.807) is 11.3 Å². The molecular weight excluding hydrogens is 366 g/mol. The van der Waals surface area contributed by atoms with Crippen LogP contribution in [0.4, 0.5) is 10.8 Å². The minimum Gasteiger partial charge on any atom is -0.347 e. The number of para-hydroxylation sites is 1. The molecule has 1 aliphatic heterocycles. The first-order valence-corrected chi connectivity index (χ1v) is 9.97. The Labute approximate surface area is 161 Å². The van der Waals surface area contributed by atoms with E-state index in [1.807, 2.05) is 43.3 Å². The smallest absolute Gasteiger partial charge is 0.229 e. The standard InChI is InChI=1S/C20H20ClN3OS/c1-13-8-9-15(11-16(13)21)22-19(25)14-5-4-10-24(12-14)20-23-17-6-2-3-7-18(17)26-20/h2-3,6-9,11,14H,4-5,10,12H2,1H3,(H,22,25). The van der Waals surface area contributed by atoms with Gasteiger partial charge in [-0.1, -0.05) is 41.1 Å². The summed E-state index contributed by atoms with van der Waals surface area (Å²) in [4.78, 5) is 19.7. The normalized spacial score (nSPS) is 17.5. The van der Waals surface area contributed by atoms with Crippen LogP contribution in [0.15, 0.2) is 42.5 Å². The molecule has 0 radical (unpaired) electrons. The summed E-state index contributed by atoms with van der Waals surface area (Å²) < 4.78 is 1.18. The minimum absolute atomic E-state index is 0.0455. The number of fused-ring (bicyclic) bond motifs is 1. The molecule has 134 valence electrons. The lowest BCUT2D eigenvalue weighted by Gasteiger charge is -2.31. The van der Waals surface area contributed by atoms with Crippen LogP contribution in [-0.2, 0) is 4.79 Å². The van der Waals surface area contributed by atoms with Crippen LogP contribution in [0, 0.1) is 12.8 Å². The number of hydrogen-bond donors (Lipinski definition) is 1. The third-order valence-electron chi connectivity index (χ3n) is 4.78. The largest absolute Gasteiger partial charge is 0.347 e. The average molecular weight is 386 g/mol. The van der Waals surface area contributed by atoms with Crippen LogP contribution in [0.3, 0.4) is 0 Å². The fraction of sp³-hybridized carbons (Fsp3) is 0.300. The Hall–Kier alpha value is -2.11. The fourth-order valence-electron chi connectivity index (χ4n) is 3.28. The molecular formula is C20H20ClN3OS. The van der Waals surface area contributed by atoms with Crippen molar-refractivity contribution in [2.24, 2.45) is 5.92 Å². The molecule has 1 saturated heterocycles. The molecule has 0 saturated carbocycles. The van der Waals surface area contributed by atoms with Gasteiger partial charge in [0.2, 0.25) is 5.91 Å². The molecule has 4 rings (SSSR count). The highest BCUT2D eigenvalue weighted by Crippen LogP contribution is 2.32. The monoisotopic (exact) mass is 385 g/mol. The first-order chi connectivity index (χ1) is 12.6. The molecule has 2 aromatic carbocycles. The number of nitrogens with one attached hydrogen (secondary N) is 1. The van der Waals surface area contributed by atoms with Gasteiger partial charge in [0.15, 0.2) is 5.13 Å². The highest BCUT2D eigenvalue weighted by Gasteiger charge is 2.27. The van der Waals surface area contributed by atoms with Crippen molar-refractivity contribution >= 4 is 49.9 Å². The van der Waals surface area contributed by atoms with Gasteiger partial charge in [0, 0.05) is 23.8 Å². The number of anilines is 2. The number of halogens is 1. The van der Waals surface area contributed by atoms with Crippen LogP contribution in [0.2, 0.25) is 5.02 Å².